The fourth-order valence-corrected chi connectivity index (χ4v) is 2.09. The lowest BCUT2D eigenvalue weighted by atomic mass is 10.1. The van der Waals surface area contributed by atoms with E-state index in [4.69, 9.17) is 0 Å². The van der Waals surface area contributed by atoms with Gasteiger partial charge in [0.25, 0.3) is 0 Å². The summed E-state index contributed by atoms with van der Waals surface area (Å²) in [5, 5.41) is 8.44. The molecule has 0 heterocycles. The van der Waals surface area contributed by atoms with Crippen LogP contribution in [-0.2, 0) is 4.79 Å². The first-order valence-electron chi connectivity index (χ1n) is 8.04. The van der Waals surface area contributed by atoms with Crippen LogP contribution in [0.3, 0.4) is 0 Å². The molecule has 3 amide bonds. The minimum absolute atomic E-state index is 0.0218. The molecular formula is C19H23N3O2. The Labute approximate surface area is 142 Å². The van der Waals surface area contributed by atoms with Crippen molar-refractivity contribution in [3.8, 4) is 0 Å². The highest BCUT2D eigenvalue weighted by Crippen LogP contribution is 2.21. The third kappa shape index (κ3) is 4.84. The lowest BCUT2D eigenvalue weighted by molar-refractivity contribution is -0.119. The van der Waals surface area contributed by atoms with Crippen molar-refractivity contribution in [3.63, 3.8) is 0 Å². The first-order valence-corrected chi connectivity index (χ1v) is 8.04. The molecule has 5 heteroatoms. The second-order valence-electron chi connectivity index (χ2n) is 5.77. The minimum atomic E-state index is -0.329. The summed E-state index contributed by atoms with van der Waals surface area (Å²) < 4.78 is 0. The average molecular weight is 325 g/mol. The van der Waals surface area contributed by atoms with Crippen LogP contribution in [0.4, 0.5) is 21.9 Å². The molecule has 0 saturated carbocycles. The van der Waals surface area contributed by atoms with E-state index >= 15 is 0 Å². The van der Waals surface area contributed by atoms with E-state index in [1.807, 2.05) is 57.2 Å². The molecule has 0 aliphatic rings. The maximum Gasteiger partial charge on any atom is 0.323 e. The fraction of sp³-hybridized carbons (Fsp3) is 0.263. The Hall–Kier alpha value is -2.82. The van der Waals surface area contributed by atoms with Crippen LogP contribution in [0.15, 0.2) is 48.5 Å². The predicted octanol–water partition coefficient (Wildman–Crippen LogP) is 4.62. The van der Waals surface area contributed by atoms with Crippen molar-refractivity contribution in [2.45, 2.75) is 27.2 Å². The number of rotatable bonds is 5. The van der Waals surface area contributed by atoms with Gasteiger partial charge in [0, 0.05) is 23.0 Å². The minimum Gasteiger partial charge on any atom is -0.326 e. The van der Waals surface area contributed by atoms with Crippen LogP contribution >= 0.6 is 0 Å². The Bertz CT molecular complexity index is 714. The summed E-state index contributed by atoms with van der Waals surface area (Å²) in [5.41, 5.74) is 2.99. The van der Waals surface area contributed by atoms with Gasteiger partial charge in [-0.3, -0.25) is 4.79 Å². The summed E-state index contributed by atoms with van der Waals surface area (Å²) in [6.45, 7) is 5.78. The highest BCUT2D eigenvalue weighted by atomic mass is 16.2. The Balaban J connectivity index is 2.04. The molecule has 0 unspecified atom stereocenters. The van der Waals surface area contributed by atoms with E-state index in [9.17, 15) is 9.59 Å². The van der Waals surface area contributed by atoms with Gasteiger partial charge in [0.15, 0.2) is 0 Å². The molecule has 2 aromatic rings. The summed E-state index contributed by atoms with van der Waals surface area (Å²) in [5.74, 6) is -0.0751. The largest absolute Gasteiger partial charge is 0.326 e. The molecule has 24 heavy (non-hydrogen) atoms. The third-order valence-corrected chi connectivity index (χ3v) is 3.84. The van der Waals surface area contributed by atoms with Gasteiger partial charge in [0.1, 0.15) is 0 Å². The van der Waals surface area contributed by atoms with Crippen LogP contribution < -0.4 is 16.0 Å². The molecule has 2 aromatic carbocycles. The predicted molar refractivity (Wildman–Crippen MR) is 98.3 cm³/mol. The van der Waals surface area contributed by atoms with E-state index in [-0.39, 0.29) is 17.9 Å². The van der Waals surface area contributed by atoms with Gasteiger partial charge < -0.3 is 16.0 Å². The zero-order valence-electron chi connectivity index (χ0n) is 14.2. The Morgan fingerprint density at radius 1 is 0.958 bits per heavy atom. The first kappa shape index (κ1) is 17.5. The monoisotopic (exact) mass is 325 g/mol. The van der Waals surface area contributed by atoms with E-state index in [1.54, 1.807) is 12.1 Å². The molecule has 0 radical (unpaired) electrons. The standard InChI is InChI=1S/C19H23N3O2/c1-4-13(2)18(23)22-17-12-16(11-10-14(17)3)21-19(24)20-15-8-6-5-7-9-15/h5-13H,4H2,1-3H3,(H,22,23)(H2,20,21,24)/t13-/m0/s1. The SMILES string of the molecule is CC[C@H](C)C(=O)Nc1cc(NC(=O)Nc2ccccc2)ccc1C. The molecular weight excluding hydrogens is 302 g/mol. The summed E-state index contributed by atoms with van der Waals surface area (Å²) in [6, 6.07) is 14.3. The second kappa shape index (κ2) is 8.15. The molecule has 0 aliphatic heterocycles. The number of carbonyl (C=O) groups excluding carboxylic acids is 2. The molecule has 0 saturated heterocycles. The maximum atomic E-state index is 12.1. The zero-order valence-corrected chi connectivity index (χ0v) is 14.2. The third-order valence-electron chi connectivity index (χ3n) is 3.84. The summed E-state index contributed by atoms with van der Waals surface area (Å²) in [4.78, 5) is 24.1. The van der Waals surface area contributed by atoms with Crippen molar-refractivity contribution < 1.29 is 9.59 Å². The lowest BCUT2D eigenvalue weighted by Crippen LogP contribution is -2.21. The van der Waals surface area contributed by atoms with E-state index in [0.29, 0.717) is 17.1 Å². The Morgan fingerprint density at radius 2 is 1.62 bits per heavy atom. The average Bonchev–Trinajstić information content (AvgIpc) is 2.57. The van der Waals surface area contributed by atoms with Crippen LogP contribution in [0.5, 0.6) is 0 Å². The van der Waals surface area contributed by atoms with Gasteiger partial charge in [0.2, 0.25) is 5.91 Å². The maximum absolute atomic E-state index is 12.1. The molecule has 2 rings (SSSR count). The molecule has 0 fully saturated rings. The Morgan fingerprint density at radius 3 is 2.29 bits per heavy atom. The highest BCUT2D eigenvalue weighted by Gasteiger charge is 2.12. The van der Waals surface area contributed by atoms with E-state index < -0.39 is 0 Å². The van der Waals surface area contributed by atoms with Gasteiger partial charge in [0.05, 0.1) is 0 Å². The Kier molecular flexibility index (Phi) is 5.95. The number of urea groups is 1. The number of nitrogens with one attached hydrogen (secondary N) is 3. The van der Waals surface area contributed by atoms with Crippen molar-refractivity contribution in [2.75, 3.05) is 16.0 Å². The van der Waals surface area contributed by atoms with Crippen molar-refractivity contribution in [1.82, 2.24) is 0 Å². The van der Waals surface area contributed by atoms with Gasteiger partial charge in [-0.2, -0.15) is 0 Å². The molecule has 3 N–H and O–H groups in total. The normalized spacial score (nSPS) is 11.5. The number of carbonyl (C=O) groups is 2. The van der Waals surface area contributed by atoms with Gasteiger partial charge in [-0.05, 0) is 43.2 Å². The van der Waals surface area contributed by atoms with E-state index in [2.05, 4.69) is 16.0 Å². The van der Waals surface area contributed by atoms with Gasteiger partial charge in [-0.25, -0.2) is 4.79 Å². The molecule has 0 aliphatic carbocycles. The topological polar surface area (TPSA) is 70.2 Å². The quantitative estimate of drug-likeness (QED) is 0.750. The van der Waals surface area contributed by atoms with Crippen molar-refractivity contribution in [3.05, 3.63) is 54.1 Å². The van der Waals surface area contributed by atoms with Crippen molar-refractivity contribution >= 4 is 29.0 Å². The highest BCUT2D eigenvalue weighted by molar-refractivity contribution is 6.00. The zero-order chi connectivity index (χ0) is 17.5. The van der Waals surface area contributed by atoms with Crippen molar-refractivity contribution in [2.24, 2.45) is 5.92 Å². The van der Waals surface area contributed by atoms with E-state index in [1.165, 1.54) is 0 Å². The number of amides is 3. The summed E-state index contributed by atoms with van der Waals surface area (Å²) >= 11 is 0. The van der Waals surface area contributed by atoms with Crippen LogP contribution in [0.25, 0.3) is 0 Å². The molecule has 0 spiro atoms. The number of para-hydroxylation sites is 1. The van der Waals surface area contributed by atoms with Crippen LogP contribution in [0.2, 0.25) is 0 Å². The molecule has 0 bridgehead atoms. The number of hydrogen-bond donors (Lipinski definition) is 3. The summed E-state index contributed by atoms with van der Waals surface area (Å²) in [6.07, 6.45) is 0.780. The molecule has 0 aromatic heterocycles. The summed E-state index contributed by atoms with van der Waals surface area (Å²) in [7, 11) is 0. The first-order chi connectivity index (χ1) is 11.5. The van der Waals surface area contributed by atoms with Gasteiger partial charge in [-0.15, -0.1) is 0 Å². The van der Waals surface area contributed by atoms with Crippen molar-refractivity contribution in [1.29, 1.82) is 0 Å². The van der Waals surface area contributed by atoms with Gasteiger partial charge in [-0.1, -0.05) is 38.1 Å². The smallest absolute Gasteiger partial charge is 0.323 e. The molecule has 5 nitrogen and oxygen atoms in total. The lowest BCUT2D eigenvalue weighted by Gasteiger charge is -2.14. The van der Waals surface area contributed by atoms with Crippen LogP contribution in [0, 0.1) is 12.8 Å². The number of anilines is 3. The number of benzene rings is 2. The molecule has 126 valence electrons. The fourth-order valence-electron chi connectivity index (χ4n) is 2.09. The van der Waals surface area contributed by atoms with E-state index in [0.717, 1.165) is 12.0 Å². The second-order valence-corrected chi connectivity index (χ2v) is 5.77. The number of hydrogen-bond acceptors (Lipinski definition) is 2. The van der Waals surface area contributed by atoms with Crippen LogP contribution in [-0.4, -0.2) is 11.9 Å². The molecule has 1 atom stereocenters. The van der Waals surface area contributed by atoms with Gasteiger partial charge >= 0.3 is 6.03 Å². The van der Waals surface area contributed by atoms with Crippen LogP contribution in [0.1, 0.15) is 25.8 Å². The number of aryl methyl sites for hydroxylation is 1.